The first-order valence-electron chi connectivity index (χ1n) is 4.86. The largest absolute Gasteiger partial charge is 0.390 e. The lowest BCUT2D eigenvalue weighted by Crippen LogP contribution is -2.41. The van der Waals surface area contributed by atoms with E-state index in [4.69, 9.17) is 4.74 Å². The van der Waals surface area contributed by atoms with Crippen LogP contribution in [0.2, 0.25) is 0 Å². The Balaban J connectivity index is 2.05. The molecule has 0 bridgehead atoms. The monoisotopic (exact) mass is 170 g/mol. The van der Waals surface area contributed by atoms with Crippen molar-refractivity contribution in [3.63, 3.8) is 0 Å². The van der Waals surface area contributed by atoms with Gasteiger partial charge in [0.2, 0.25) is 0 Å². The van der Waals surface area contributed by atoms with Crippen molar-refractivity contribution in [3.8, 4) is 0 Å². The summed E-state index contributed by atoms with van der Waals surface area (Å²) in [6.07, 6.45) is 3.09. The minimum atomic E-state index is -0.458. The van der Waals surface area contributed by atoms with E-state index in [0.717, 1.165) is 19.3 Å². The maximum absolute atomic E-state index is 10.2. The first-order valence-corrected chi connectivity index (χ1v) is 4.86. The fraction of sp³-hybridized carbons (Fsp3) is 1.00. The topological polar surface area (TPSA) is 32.8 Å². The SMILES string of the molecule is CC(C)[C@@]1(O)CC[C@]2(C)O[C@@H]2C1. The van der Waals surface area contributed by atoms with Crippen molar-refractivity contribution in [1.29, 1.82) is 0 Å². The van der Waals surface area contributed by atoms with E-state index in [0.29, 0.717) is 12.0 Å². The quantitative estimate of drug-likeness (QED) is 0.608. The third kappa shape index (κ3) is 1.09. The summed E-state index contributed by atoms with van der Waals surface area (Å²) in [6.45, 7) is 6.33. The van der Waals surface area contributed by atoms with Crippen LogP contribution in [0.1, 0.15) is 40.0 Å². The third-order valence-corrected chi connectivity index (χ3v) is 3.70. The molecule has 1 heterocycles. The van der Waals surface area contributed by atoms with Crippen LogP contribution in [-0.2, 0) is 4.74 Å². The predicted octanol–water partition coefficient (Wildman–Crippen LogP) is 1.71. The Morgan fingerprint density at radius 1 is 1.42 bits per heavy atom. The molecule has 0 spiro atoms. The van der Waals surface area contributed by atoms with Crippen LogP contribution in [0.25, 0.3) is 0 Å². The predicted molar refractivity (Wildman–Crippen MR) is 46.9 cm³/mol. The highest BCUT2D eigenvalue weighted by Crippen LogP contribution is 2.52. The molecule has 1 aliphatic carbocycles. The summed E-state index contributed by atoms with van der Waals surface area (Å²) in [4.78, 5) is 0. The van der Waals surface area contributed by atoms with Gasteiger partial charge in [0.15, 0.2) is 0 Å². The molecule has 0 aromatic rings. The summed E-state index contributed by atoms with van der Waals surface area (Å²) in [5.41, 5.74) is -0.332. The number of rotatable bonds is 1. The van der Waals surface area contributed by atoms with Crippen LogP contribution < -0.4 is 0 Å². The molecule has 0 amide bonds. The molecule has 2 aliphatic rings. The van der Waals surface area contributed by atoms with Crippen molar-refractivity contribution < 1.29 is 9.84 Å². The highest BCUT2D eigenvalue weighted by Gasteiger charge is 2.59. The lowest BCUT2D eigenvalue weighted by molar-refractivity contribution is -0.0349. The first-order chi connectivity index (χ1) is 5.46. The zero-order valence-electron chi connectivity index (χ0n) is 8.13. The van der Waals surface area contributed by atoms with Crippen molar-refractivity contribution in [2.75, 3.05) is 0 Å². The zero-order valence-corrected chi connectivity index (χ0v) is 8.13. The zero-order chi connectivity index (χ0) is 8.98. The van der Waals surface area contributed by atoms with Gasteiger partial charge in [-0.25, -0.2) is 0 Å². The minimum Gasteiger partial charge on any atom is -0.390 e. The Labute approximate surface area is 73.9 Å². The summed E-state index contributed by atoms with van der Waals surface area (Å²) in [7, 11) is 0. The number of epoxide rings is 1. The first kappa shape index (κ1) is 8.52. The summed E-state index contributed by atoms with van der Waals surface area (Å²) in [5.74, 6) is 0.353. The van der Waals surface area contributed by atoms with E-state index in [2.05, 4.69) is 20.8 Å². The van der Waals surface area contributed by atoms with E-state index in [1.807, 2.05) is 0 Å². The van der Waals surface area contributed by atoms with Gasteiger partial charge < -0.3 is 9.84 Å². The Morgan fingerprint density at radius 3 is 2.58 bits per heavy atom. The Bertz CT molecular complexity index is 202. The van der Waals surface area contributed by atoms with Gasteiger partial charge in [-0.3, -0.25) is 0 Å². The molecule has 2 nitrogen and oxygen atoms in total. The molecule has 0 unspecified atom stereocenters. The van der Waals surface area contributed by atoms with Crippen LogP contribution >= 0.6 is 0 Å². The van der Waals surface area contributed by atoms with Crippen molar-refractivity contribution in [2.24, 2.45) is 5.92 Å². The third-order valence-electron chi connectivity index (χ3n) is 3.70. The van der Waals surface area contributed by atoms with Gasteiger partial charge in [-0.2, -0.15) is 0 Å². The van der Waals surface area contributed by atoms with Gasteiger partial charge >= 0.3 is 0 Å². The fourth-order valence-electron chi connectivity index (χ4n) is 2.18. The fourth-order valence-corrected chi connectivity index (χ4v) is 2.18. The molecule has 1 saturated carbocycles. The van der Waals surface area contributed by atoms with Crippen LogP contribution in [-0.4, -0.2) is 22.4 Å². The Kier molecular flexibility index (Phi) is 1.59. The van der Waals surface area contributed by atoms with Crippen molar-refractivity contribution in [3.05, 3.63) is 0 Å². The Hall–Kier alpha value is -0.0800. The van der Waals surface area contributed by atoms with E-state index < -0.39 is 5.60 Å². The summed E-state index contributed by atoms with van der Waals surface area (Å²) < 4.78 is 5.55. The van der Waals surface area contributed by atoms with Gasteiger partial charge in [0.1, 0.15) is 0 Å². The van der Waals surface area contributed by atoms with Gasteiger partial charge in [-0.05, 0) is 25.7 Å². The molecule has 2 rings (SSSR count). The summed E-state index contributed by atoms with van der Waals surface area (Å²) >= 11 is 0. The summed E-state index contributed by atoms with van der Waals surface area (Å²) in [6, 6.07) is 0. The lowest BCUT2D eigenvalue weighted by atomic mass is 9.74. The maximum Gasteiger partial charge on any atom is 0.0922 e. The van der Waals surface area contributed by atoms with E-state index in [-0.39, 0.29) is 5.60 Å². The smallest absolute Gasteiger partial charge is 0.0922 e. The second kappa shape index (κ2) is 2.24. The second-order valence-corrected chi connectivity index (χ2v) is 4.88. The molecule has 0 aromatic heterocycles. The van der Waals surface area contributed by atoms with E-state index in [1.165, 1.54) is 0 Å². The number of hydrogen-bond donors (Lipinski definition) is 1. The van der Waals surface area contributed by atoms with Gasteiger partial charge in [-0.15, -0.1) is 0 Å². The normalized spacial score (nSPS) is 52.2. The van der Waals surface area contributed by atoms with Crippen molar-refractivity contribution in [2.45, 2.75) is 57.3 Å². The molecule has 0 aromatic carbocycles. The van der Waals surface area contributed by atoms with Crippen LogP contribution in [0.3, 0.4) is 0 Å². The number of aliphatic hydroxyl groups is 1. The van der Waals surface area contributed by atoms with Gasteiger partial charge in [0.25, 0.3) is 0 Å². The molecule has 12 heavy (non-hydrogen) atoms. The average molecular weight is 170 g/mol. The molecule has 0 radical (unpaired) electrons. The van der Waals surface area contributed by atoms with Crippen molar-refractivity contribution in [1.82, 2.24) is 0 Å². The van der Waals surface area contributed by atoms with E-state index in [9.17, 15) is 5.11 Å². The second-order valence-electron chi connectivity index (χ2n) is 4.88. The molecule has 1 saturated heterocycles. The van der Waals surface area contributed by atoms with E-state index >= 15 is 0 Å². The standard InChI is InChI=1S/C10H18O2/c1-7(2)10(11)5-4-9(3)8(6-10)12-9/h7-8,11H,4-6H2,1-3H3/t8-,9+,10-/m1/s1. The Morgan fingerprint density at radius 2 is 2.08 bits per heavy atom. The molecular formula is C10H18O2. The molecule has 2 heteroatoms. The van der Waals surface area contributed by atoms with Crippen LogP contribution in [0, 0.1) is 5.92 Å². The summed E-state index contributed by atoms with van der Waals surface area (Å²) in [5, 5.41) is 10.2. The molecule has 2 fully saturated rings. The molecule has 1 aliphatic heterocycles. The lowest BCUT2D eigenvalue weighted by Gasteiger charge is -2.35. The maximum atomic E-state index is 10.2. The number of hydrogen-bond acceptors (Lipinski definition) is 2. The number of fused-ring (bicyclic) bond motifs is 1. The van der Waals surface area contributed by atoms with Crippen LogP contribution in [0.5, 0.6) is 0 Å². The average Bonchev–Trinajstić information content (AvgIpc) is 2.60. The highest BCUT2D eigenvalue weighted by molar-refractivity contribution is 5.08. The molecule has 3 atom stereocenters. The van der Waals surface area contributed by atoms with Crippen LogP contribution in [0.4, 0.5) is 0 Å². The van der Waals surface area contributed by atoms with Gasteiger partial charge in [-0.1, -0.05) is 13.8 Å². The molecular weight excluding hydrogens is 152 g/mol. The molecule has 1 N–H and O–H groups in total. The minimum absolute atomic E-state index is 0.126. The van der Waals surface area contributed by atoms with Gasteiger partial charge in [0.05, 0.1) is 17.3 Å². The van der Waals surface area contributed by atoms with Crippen molar-refractivity contribution >= 4 is 0 Å². The molecule has 70 valence electrons. The van der Waals surface area contributed by atoms with Crippen LogP contribution in [0.15, 0.2) is 0 Å². The highest BCUT2D eigenvalue weighted by atomic mass is 16.6. The van der Waals surface area contributed by atoms with Gasteiger partial charge in [0, 0.05) is 6.42 Å². The number of ether oxygens (including phenoxy) is 1. The van der Waals surface area contributed by atoms with E-state index in [1.54, 1.807) is 0 Å².